The maximum Gasteiger partial charge on any atom is 0.223 e. The largest absolute Gasteiger partial charge is 0.341 e. The van der Waals surface area contributed by atoms with E-state index in [1.165, 1.54) is 32.1 Å². The first kappa shape index (κ1) is 10.3. The molecule has 0 atom stereocenters. The number of hydrogen-bond donors (Lipinski definition) is 0. The minimum atomic E-state index is 0.332. The summed E-state index contributed by atoms with van der Waals surface area (Å²) < 4.78 is 0. The molecule has 14 heavy (non-hydrogen) atoms. The molecule has 0 N–H and O–H groups in total. The highest BCUT2D eigenvalue weighted by molar-refractivity contribution is 6.18. The van der Waals surface area contributed by atoms with Crippen molar-refractivity contribution in [3.8, 4) is 0 Å². The van der Waals surface area contributed by atoms with E-state index in [2.05, 4.69) is 0 Å². The minimum absolute atomic E-state index is 0.332. The molecule has 1 amide bonds. The second-order valence-electron chi connectivity index (χ2n) is 4.70. The van der Waals surface area contributed by atoms with Crippen LogP contribution in [0.1, 0.15) is 38.5 Å². The predicted octanol–water partition coefficient (Wildman–Crippen LogP) is 2.41. The Labute approximate surface area is 90.6 Å². The van der Waals surface area contributed by atoms with E-state index in [0.29, 0.717) is 17.2 Å². The van der Waals surface area contributed by atoms with Crippen LogP contribution in [0.2, 0.25) is 0 Å². The summed E-state index contributed by atoms with van der Waals surface area (Å²) in [7, 11) is 0. The lowest BCUT2D eigenvalue weighted by atomic mass is 9.77. The average molecular weight is 216 g/mol. The first-order valence-electron chi connectivity index (χ1n) is 5.60. The molecule has 1 saturated heterocycles. The van der Waals surface area contributed by atoms with Crippen LogP contribution >= 0.6 is 11.6 Å². The first-order valence-corrected chi connectivity index (χ1v) is 6.13. The Hall–Kier alpha value is -0.240. The highest BCUT2D eigenvalue weighted by atomic mass is 35.5. The summed E-state index contributed by atoms with van der Waals surface area (Å²) in [5.74, 6) is 0.900. The van der Waals surface area contributed by atoms with E-state index in [1.807, 2.05) is 4.90 Å². The van der Waals surface area contributed by atoms with Gasteiger partial charge in [0, 0.05) is 25.4 Å². The lowest BCUT2D eigenvalue weighted by Gasteiger charge is -2.38. The number of carbonyl (C=O) groups excluding carboxylic acids is 1. The molecule has 1 heterocycles. The van der Waals surface area contributed by atoms with Crippen molar-refractivity contribution in [1.29, 1.82) is 0 Å². The van der Waals surface area contributed by atoms with Crippen LogP contribution in [-0.2, 0) is 4.79 Å². The predicted molar refractivity (Wildman–Crippen MR) is 57.4 cm³/mol. The molecule has 2 fully saturated rings. The molecule has 1 aliphatic heterocycles. The Morgan fingerprint density at radius 3 is 2.57 bits per heavy atom. The number of likely N-dealkylation sites (tertiary alicyclic amines) is 1. The van der Waals surface area contributed by atoms with Gasteiger partial charge in [0.15, 0.2) is 0 Å². The lowest BCUT2D eigenvalue weighted by molar-refractivity contribution is -0.137. The van der Waals surface area contributed by atoms with E-state index in [-0.39, 0.29) is 0 Å². The topological polar surface area (TPSA) is 20.3 Å². The van der Waals surface area contributed by atoms with E-state index < -0.39 is 0 Å². The lowest BCUT2D eigenvalue weighted by Crippen LogP contribution is -2.43. The molecule has 0 bridgehead atoms. The normalized spacial score (nSPS) is 26.1. The zero-order chi connectivity index (χ0) is 10.0. The standard InChI is InChI=1S/C11H18ClNO/c12-6-8-13-7-5-11(9-10(13)14)3-1-2-4-11/h1-9H2. The van der Waals surface area contributed by atoms with Crippen molar-refractivity contribution in [2.45, 2.75) is 38.5 Å². The van der Waals surface area contributed by atoms with Gasteiger partial charge in [-0.25, -0.2) is 0 Å². The Kier molecular flexibility index (Phi) is 3.01. The zero-order valence-electron chi connectivity index (χ0n) is 8.60. The number of amides is 1. The van der Waals surface area contributed by atoms with Gasteiger partial charge in [-0.1, -0.05) is 12.8 Å². The second-order valence-corrected chi connectivity index (χ2v) is 5.08. The molecule has 3 heteroatoms. The number of rotatable bonds is 2. The number of halogens is 1. The van der Waals surface area contributed by atoms with Crippen LogP contribution in [0.3, 0.4) is 0 Å². The fourth-order valence-electron chi connectivity index (χ4n) is 2.91. The number of alkyl halides is 1. The van der Waals surface area contributed by atoms with Crippen LogP contribution < -0.4 is 0 Å². The minimum Gasteiger partial charge on any atom is -0.341 e. The van der Waals surface area contributed by atoms with Crippen molar-refractivity contribution in [2.24, 2.45) is 5.41 Å². The molecule has 2 rings (SSSR count). The first-order chi connectivity index (χ1) is 6.76. The van der Waals surface area contributed by atoms with Crippen LogP contribution in [0.5, 0.6) is 0 Å². The molecule has 0 aromatic rings. The molecule has 0 radical (unpaired) electrons. The van der Waals surface area contributed by atoms with Crippen LogP contribution in [0.25, 0.3) is 0 Å². The summed E-state index contributed by atoms with van der Waals surface area (Å²) in [5.41, 5.74) is 0.389. The van der Waals surface area contributed by atoms with Crippen LogP contribution in [-0.4, -0.2) is 29.8 Å². The summed E-state index contributed by atoms with van der Waals surface area (Å²) in [6.45, 7) is 1.67. The molecular formula is C11H18ClNO. The van der Waals surface area contributed by atoms with E-state index in [1.54, 1.807) is 0 Å². The molecule has 0 aromatic carbocycles. The van der Waals surface area contributed by atoms with Crippen LogP contribution in [0.15, 0.2) is 0 Å². The van der Waals surface area contributed by atoms with Crippen molar-refractivity contribution in [3.63, 3.8) is 0 Å². The van der Waals surface area contributed by atoms with E-state index in [9.17, 15) is 4.79 Å². The monoisotopic (exact) mass is 215 g/mol. The van der Waals surface area contributed by atoms with E-state index in [4.69, 9.17) is 11.6 Å². The fourth-order valence-corrected chi connectivity index (χ4v) is 3.11. The molecule has 1 spiro atoms. The number of hydrogen-bond acceptors (Lipinski definition) is 1. The van der Waals surface area contributed by atoms with Crippen molar-refractivity contribution in [2.75, 3.05) is 19.0 Å². The Morgan fingerprint density at radius 2 is 2.00 bits per heavy atom. The van der Waals surface area contributed by atoms with E-state index >= 15 is 0 Å². The average Bonchev–Trinajstić information content (AvgIpc) is 2.59. The van der Waals surface area contributed by atoms with Crippen molar-refractivity contribution in [3.05, 3.63) is 0 Å². The number of nitrogens with zero attached hydrogens (tertiary/aromatic N) is 1. The summed E-state index contributed by atoms with van der Waals surface area (Å²) in [5, 5.41) is 0. The maximum atomic E-state index is 11.8. The quantitative estimate of drug-likeness (QED) is 0.648. The zero-order valence-corrected chi connectivity index (χ0v) is 9.35. The van der Waals surface area contributed by atoms with E-state index in [0.717, 1.165) is 19.5 Å². The third kappa shape index (κ3) is 1.90. The van der Waals surface area contributed by atoms with Gasteiger partial charge in [-0.15, -0.1) is 11.6 Å². The molecule has 2 aliphatic rings. The Balaban J connectivity index is 1.95. The highest BCUT2D eigenvalue weighted by Gasteiger charge is 2.40. The van der Waals surface area contributed by atoms with Gasteiger partial charge in [0.1, 0.15) is 0 Å². The molecule has 0 unspecified atom stereocenters. The highest BCUT2D eigenvalue weighted by Crippen LogP contribution is 2.46. The second kappa shape index (κ2) is 4.09. The summed E-state index contributed by atoms with van der Waals surface area (Å²) in [6, 6.07) is 0. The van der Waals surface area contributed by atoms with Crippen LogP contribution in [0.4, 0.5) is 0 Å². The Morgan fingerprint density at radius 1 is 1.29 bits per heavy atom. The van der Waals surface area contributed by atoms with Gasteiger partial charge in [0.25, 0.3) is 0 Å². The summed E-state index contributed by atoms with van der Waals surface area (Å²) in [6.07, 6.45) is 7.17. The van der Waals surface area contributed by atoms with Gasteiger partial charge in [-0.3, -0.25) is 4.79 Å². The maximum absolute atomic E-state index is 11.8. The Bertz CT molecular complexity index is 223. The molecule has 80 valence electrons. The van der Waals surface area contributed by atoms with Gasteiger partial charge in [0.2, 0.25) is 5.91 Å². The van der Waals surface area contributed by atoms with Crippen LogP contribution in [0, 0.1) is 5.41 Å². The molecule has 2 nitrogen and oxygen atoms in total. The number of piperidine rings is 1. The molecular weight excluding hydrogens is 198 g/mol. The van der Waals surface area contributed by atoms with Crippen molar-refractivity contribution in [1.82, 2.24) is 4.90 Å². The van der Waals surface area contributed by atoms with Gasteiger partial charge < -0.3 is 4.90 Å². The third-order valence-corrected chi connectivity index (χ3v) is 3.98. The summed E-state index contributed by atoms with van der Waals surface area (Å²) in [4.78, 5) is 13.7. The molecule has 0 aromatic heterocycles. The van der Waals surface area contributed by atoms with Gasteiger partial charge in [-0.05, 0) is 24.7 Å². The molecule has 1 saturated carbocycles. The fraction of sp³-hybridized carbons (Fsp3) is 0.909. The number of carbonyl (C=O) groups is 1. The SMILES string of the molecule is O=C1CC2(CCCC2)CCN1CCCl. The smallest absolute Gasteiger partial charge is 0.223 e. The van der Waals surface area contributed by atoms with Gasteiger partial charge >= 0.3 is 0 Å². The molecule has 1 aliphatic carbocycles. The van der Waals surface area contributed by atoms with Gasteiger partial charge in [0.05, 0.1) is 0 Å². The summed E-state index contributed by atoms with van der Waals surface area (Å²) >= 11 is 5.66. The van der Waals surface area contributed by atoms with Crippen molar-refractivity contribution >= 4 is 17.5 Å². The van der Waals surface area contributed by atoms with Gasteiger partial charge in [-0.2, -0.15) is 0 Å². The van der Waals surface area contributed by atoms with Crippen molar-refractivity contribution < 1.29 is 4.79 Å². The third-order valence-electron chi connectivity index (χ3n) is 3.81.